The van der Waals surface area contributed by atoms with Crippen LogP contribution in [0.15, 0.2) is 64.5 Å². The molecule has 0 saturated carbocycles. The van der Waals surface area contributed by atoms with E-state index in [1.165, 1.54) is 18.2 Å². The van der Waals surface area contributed by atoms with Gasteiger partial charge in [0.05, 0.1) is 4.90 Å². The fourth-order valence-corrected chi connectivity index (χ4v) is 5.27. The van der Waals surface area contributed by atoms with Gasteiger partial charge < -0.3 is 9.30 Å². The predicted octanol–water partition coefficient (Wildman–Crippen LogP) is 3.48. The molecule has 2 heterocycles. The zero-order valence-corrected chi connectivity index (χ0v) is 20.1. The van der Waals surface area contributed by atoms with E-state index in [2.05, 4.69) is 9.71 Å². The average molecular weight is 498 g/mol. The van der Waals surface area contributed by atoms with Crippen molar-refractivity contribution in [3.8, 4) is 5.69 Å². The number of aromatic nitrogens is 1. The fourth-order valence-electron chi connectivity index (χ4n) is 4.02. The van der Waals surface area contributed by atoms with Gasteiger partial charge in [-0.3, -0.25) is 19.3 Å². The maximum atomic E-state index is 13.6. The number of aliphatic imine (C=N–C) groups is 1. The molecule has 1 aromatic heterocycles. The van der Waals surface area contributed by atoms with Crippen molar-refractivity contribution >= 4 is 27.6 Å². The molecule has 0 unspecified atom stereocenters. The summed E-state index contributed by atoms with van der Waals surface area (Å²) >= 11 is 0. The number of fused-ring (bicyclic) bond motifs is 1. The highest BCUT2D eigenvalue weighted by molar-refractivity contribution is 7.90. The second-order valence-corrected chi connectivity index (χ2v) is 9.77. The second kappa shape index (κ2) is 9.83. The molecule has 182 valence electrons. The number of hydrogen-bond acceptors (Lipinski definition) is 6. The number of hydrogen-bond donors (Lipinski definition) is 1. The summed E-state index contributed by atoms with van der Waals surface area (Å²) < 4.78 is 47.1. The summed E-state index contributed by atoms with van der Waals surface area (Å²) in [5.41, 5.74) is 2.88. The minimum absolute atomic E-state index is 0.0285. The number of nitrogens with zero attached hydrogens (tertiary/aromatic N) is 2. The van der Waals surface area contributed by atoms with Gasteiger partial charge in [0.2, 0.25) is 5.78 Å². The summed E-state index contributed by atoms with van der Waals surface area (Å²) in [6.07, 6.45) is 0.356. The first-order chi connectivity index (χ1) is 16.7. The van der Waals surface area contributed by atoms with E-state index in [0.29, 0.717) is 28.9 Å². The van der Waals surface area contributed by atoms with E-state index in [1.807, 2.05) is 6.92 Å². The van der Waals surface area contributed by atoms with Crippen LogP contribution in [0.3, 0.4) is 0 Å². The Bertz CT molecular complexity index is 1440. The standard InChI is InChI=1S/C25H24FN3O5S/c1-16-13-21(17(2)29(16)19-8-5-7-18(26)14-19)22(30)15-34-24(31)11-6-12-27-25-20-9-3-4-10-23(20)35(32,33)28-25/h3-5,7-10,13-14H,6,11-12,15H2,1-2H3,(H,27,28). The van der Waals surface area contributed by atoms with E-state index in [-0.39, 0.29) is 35.3 Å². The molecule has 1 aliphatic rings. The Labute approximate surface area is 202 Å². The molecule has 0 fully saturated rings. The van der Waals surface area contributed by atoms with Gasteiger partial charge in [-0.15, -0.1) is 0 Å². The summed E-state index contributed by atoms with van der Waals surface area (Å²) in [7, 11) is -3.61. The zero-order valence-electron chi connectivity index (χ0n) is 19.2. The van der Waals surface area contributed by atoms with Crippen molar-refractivity contribution in [1.82, 2.24) is 9.29 Å². The predicted molar refractivity (Wildman–Crippen MR) is 128 cm³/mol. The summed E-state index contributed by atoms with van der Waals surface area (Å²) in [4.78, 5) is 29.2. The number of carbonyl (C=O) groups excluding carboxylic acids is 2. The third-order valence-corrected chi connectivity index (χ3v) is 7.03. The van der Waals surface area contributed by atoms with Crippen molar-refractivity contribution in [1.29, 1.82) is 0 Å². The first-order valence-electron chi connectivity index (χ1n) is 11.0. The molecule has 0 amide bonds. The molecule has 1 aliphatic heterocycles. The minimum atomic E-state index is -3.61. The molecular weight excluding hydrogens is 473 g/mol. The molecule has 10 heteroatoms. The summed E-state index contributed by atoms with van der Waals surface area (Å²) in [5.74, 6) is -1.04. The summed E-state index contributed by atoms with van der Waals surface area (Å²) in [6.45, 7) is 3.37. The van der Waals surface area contributed by atoms with Crippen molar-refractivity contribution in [3.05, 3.63) is 82.9 Å². The van der Waals surface area contributed by atoms with Gasteiger partial charge in [-0.1, -0.05) is 18.2 Å². The van der Waals surface area contributed by atoms with Gasteiger partial charge in [0.25, 0.3) is 10.0 Å². The lowest BCUT2D eigenvalue weighted by molar-refractivity contribution is -0.142. The van der Waals surface area contributed by atoms with Crippen LogP contribution in [-0.2, 0) is 19.6 Å². The van der Waals surface area contributed by atoms with Crippen LogP contribution in [0.5, 0.6) is 0 Å². The van der Waals surface area contributed by atoms with Crippen LogP contribution in [0.25, 0.3) is 5.69 Å². The van der Waals surface area contributed by atoms with E-state index in [4.69, 9.17) is 4.74 Å². The van der Waals surface area contributed by atoms with Crippen LogP contribution in [0.2, 0.25) is 0 Å². The number of esters is 1. The number of Topliss-reactive ketones (excluding diaryl/α,β-unsaturated/α-hetero) is 1. The number of carbonyl (C=O) groups is 2. The molecule has 0 bridgehead atoms. The minimum Gasteiger partial charge on any atom is -0.457 e. The number of halogens is 1. The molecule has 4 rings (SSSR count). The number of aryl methyl sites for hydroxylation is 1. The van der Waals surface area contributed by atoms with E-state index in [0.717, 1.165) is 5.69 Å². The average Bonchev–Trinajstić information content (AvgIpc) is 3.27. The first-order valence-corrected chi connectivity index (χ1v) is 12.5. The van der Waals surface area contributed by atoms with Crippen LogP contribution in [0, 0.1) is 19.7 Å². The van der Waals surface area contributed by atoms with Crippen molar-refractivity contribution < 1.29 is 27.1 Å². The molecule has 0 radical (unpaired) electrons. The molecule has 0 atom stereocenters. The first kappa shape index (κ1) is 24.3. The van der Waals surface area contributed by atoms with E-state index in [9.17, 15) is 22.4 Å². The van der Waals surface area contributed by atoms with E-state index < -0.39 is 22.6 Å². The van der Waals surface area contributed by atoms with Gasteiger partial charge in [0.15, 0.2) is 6.61 Å². The normalized spacial score (nSPS) is 15.0. The largest absolute Gasteiger partial charge is 0.457 e. The highest BCUT2D eigenvalue weighted by Gasteiger charge is 2.29. The fraction of sp³-hybridized carbons (Fsp3) is 0.240. The number of ketones is 1. The Morgan fingerprint density at radius 1 is 1.09 bits per heavy atom. The highest BCUT2D eigenvalue weighted by Crippen LogP contribution is 2.23. The topological polar surface area (TPSA) is 107 Å². The number of nitrogens with one attached hydrogen (secondary N) is 1. The summed E-state index contributed by atoms with van der Waals surface area (Å²) in [6, 6.07) is 14.3. The van der Waals surface area contributed by atoms with E-state index >= 15 is 0 Å². The molecule has 3 aromatic rings. The molecule has 0 spiro atoms. The maximum Gasteiger partial charge on any atom is 0.306 e. The van der Waals surface area contributed by atoms with Crippen molar-refractivity contribution in [2.24, 2.45) is 4.99 Å². The Hall–Kier alpha value is -3.79. The molecule has 0 aliphatic carbocycles. The van der Waals surface area contributed by atoms with Gasteiger partial charge in [0.1, 0.15) is 11.7 Å². The van der Waals surface area contributed by atoms with Crippen LogP contribution >= 0.6 is 0 Å². The molecule has 0 saturated heterocycles. The van der Waals surface area contributed by atoms with Gasteiger partial charge in [-0.2, -0.15) is 0 Å². The van der Waals surface area contributed by atoms with Crippen molar-refractivity contribution in [3.63, 3.8) is 0 Å². The number of ether oxygens (including phenoxy) is 1. The monoisotopic (exact) mass is 497 g/mol. The Morgan fingerprint density at radius 2 is 1.86 bits per heavy atom. The molecule has 35 heavy (non-hydrogen) atoms. The smallest absolute Gasteiger partial charge is 0.306 e. The number of sulfonamides is 1. The van der Waals surface area contributed by atoms with Crippen LogP contribution in [0.1, 0.15) is 40.2 Å². The van der Waals surface area contributed by atoms with Crippen LogP contribution < -0.4 is 4.72 Å². The lowest BCUT2D eigenvalue weighted by Crippen LogP contribution is -2.22. The van der Waals surface area contributed by atoms with Gasteiger partial charge in [0, 0.05) is 41.2 Å². The van der Waals surface area contributed by atoms with Gasteiger partial charge in [-0.05, 0) is 56.7 Å². The number of benzene rings is 2. The Morgan fingerprint density at radius 3 is 2.63 bits per heavy atom. The Balaban J connectivity index is 1.30. The number of amidine groups is 1. The van der Waals surface area contributed by atoms with Gasteiger partial charge in [-0.25, -0.2) is 12.8 Å². The lowest BCUT2D eigenvalue weighted by Gasteiger charge is -2.10. The molecular formula is C25H24FN3O5S. The van der Waals surface area contributed by atoms with Gasteiger partial charge >= 0.3 is 5.97 Å². The van der Waals surface area contributed by atoms with Crippen LogP contribution in [0.4, 0.5) is 4.39 Å². The van der Waals surface area contributed by atoms with Crippen LogP contribution in [-0.4, -0.2) is 43.7 Å². The second-order valence-electron chi connectivity index (χ2n) is 8.12. The quantitative estimate of drug-likeness (QED) is 0.291. The Kier molecular flexibility index (Phi) is 6.83. The molecule has 8 nitrogen and oxygen atoms in total. The third-order valence-electron chi connectivity index (χ3n) is 5.63. The SMILES string of the molecule is Cc1cc(C(=O)COC(=O)CCCN=C2NS(=O)(=O)c3ccccc32)c(C)n1-c1cccc(F)c1. The van der Waals surface area contributed by atoms with E-state index in [1.54, 1.807) is 47.9 Å². The molecule has 1 N–H and O–H groups in total. The number of rotatable bonds is 8. The highest BCUT2D eigenvalue weighted by atomic mass is 32.2. The zero-order chi connectivity index (χ0) is 25.2. The lowest BCUT2D eigenvalue weighted by atomic mass is 10.1. The summed E-state index contributed by atoms with van der Waals surface area (Å²) in [5, 5.41) is 0. The maximum absolute atomic E-state index is 13.6. The molecule has 2 aromatic carbocycles. The van der Waals surface area contributed by atoms with Crippen molar-refractivity contribution in [2.45, 2.75) is 31.6 Å². The third kappa shape index (κ3) is 5.17. The van der Waals surface area contributed by atoms with Crippen molar-refractivity contribution in [2.75, 3.05) is 13.2 Å².